The molecule has 0 fully saturated rings. The second-order valence-electron chi connectivity index (χ2n) is 5.47. The summed E-state index contributed by atoms with van der Waals surface area (Å²) in [7, 11) is 0. The third-order valence-corrected chi connectivity index (χ3v) is 4.07. The molecule has 0 aliphatic rings. The van der Waals surface area contributed by atoms with Crippen molar-refractivity contribution in [3.63, 3.8) is 0 Å². The minimum absolute atomic E-state index is 0.280. The van der Waals surface area contributed by atoms with E-state index in [0.29, 0.717) is 17.6 Å². The summed E-state index contributed by atoms with van der Waals surface area (Å²) in [5, 5.41) is 13.2. The maximum atomic E-state index is 12.2. The van der Waals surface area contributed by atoms with E-state index >= 15 is 0 Å². The molecule has 23 heavy (non-hydrogen) atoms. The van der Waals surface area contributed by atoms with Crippen LogP contribution >= 0.6 is 11.3 Å². The monoisotopic (exact) mass is 327 g/mol. The average Bonchev–Trinajstić information content (AvgIpc) is 3.18. The van der Waals surface area contributed by atoms with Crippen molar-refractivity contribution in [2.24, 2.45) is 0 Å². The molecule has 0 bridgehead atoms. The molecule has 6 nitrogen and oxygen atoms in total. The van der Waals surface area contributed by atoms with Gasteiger partial charge in [0, 0.05) is 5.38 Å². The number of hydrogen-bond acceptors (Lipinski definition) is 5. The SMILES string of the molecule is CC(C)c1csc(NC(=O)c2cn(Cc3ccccc3)nn2)n1. The van der Waals surface area contributed by atoms with E-state index in [1.54, 1.807) is 10.9 Å². The van der Waals surface area contributed by atoms with Crippen molar-refractivity contribution >= 4 is 22.4 Å². The second-order valence-corrected chi connectivity index (χ2v) is 6.33. The van der Waals surface area contributed by atoms with E-state index in [2.05, 4.69) is 34.5 Å². The zero-order valence-electron chi connectivity index (χ0n) is 12.9. The van der Waals surface area contributed by atoms with E-state index < -0.39 is 0 Å². The van der Waals surface area contributed by atoms with E-state index in [4.69, 9.17) is 0 Å². The van der Waals surface area contributed by atoms with Crippen LogP contribution in [0.2, 0.25) is 0 Å². The number of thiazole rings is 1. The summed E-state index contributed by atoms with van der Waals surface area (Å²) in [6.07, 6.45) is 1.64. The van der Waals surface area contributed by atoms with Gasteiger partial charge in [0.2, 0.25) is 0 Å². The summed E-state index contributed by atoms with van der Waals surface area (Å²) < 4.78 is 1.64. The van der Waals surface area contributed by atoms with Gasteiger partial charge in [-0.2, -0.15) is 0 Å². The summed E-state index contributed by atoms with van der Waals surface area (Å²) in [6, 6.07) is 9.90. The number of amides is 1. The standard InChI is InChI=1S/C16H17N5OS/c1-11(2)14-10-23-16(17-14)18-15(22)13-9-21(20-19-13)8-12-6-4-3-5-7-12/h3-7,9-11H,8H2,1-2H3,(H,17,18,22). The molecule has 3 rings (SSSR count). The number of anilines is 1. The van der Waals surface area contributed by atoms with Gasteiger partial charge in [-0.3, -0.25) is 10.1 Å². The van der Waals surface area contributed by atoms with E-state index in [0.717, 1.165) is 11.3 Å². The first kappa shape index (κ1) is 15.4. The topological polar surface area (TPSA) is 72.7 Å². The number of benzene rings is 1. The minimum atomic E-state index is -0.297. The highest BCUT2D eigenvalue weighted by atomic mass is 32.1. The predicted molar refractivity (Wildman–Crippen MR) is 89.7 cm³/mol. The van der Waals surface area contributed by atoms with Gasteiger partial charge in [0.15, 0.2) is 10.8 Å². The quantitative estimate of drug-likeness (QED) is 0.781. The van der Waals surface area contributed by atoms with E-state index in [1.165, 1.54) is 11.3 Å². The van der Waals surface area contributed by atoms with Crippen LogP contribution in [0, 0.1) is 0 Å². The van der Waals surface area contributed by atoms with Gasteiger partial charge in [0.25, 0.3) is 5.91 Å². The molecular formula is C16H17N5OS. The number of hydrogen-bond donors (Lipinski definition) is 1. The molecule has 0 aliphatic heterocycles. The van der Waals surface area contributed by atoms with Crippen LogP contribution in [0.4, 0.5) is 5.13 Å². The lowest BCUT2D eigenvalue weighted by Gasteiger charge is -2.00. The molecule has 3 aromatic rings. The van der Waals surface area contributed by atoms with Gasteiger partial charge in [0.1, 0.15) is 0 Å². The number of rotatable bonds is 5. The predicted octanol–water partition coefficient (Wildman–Crippen LogP) is 3.16. The van der Waals surface area contributed by atoms with Gasteiger partial charge >= 0.3 is 0 Å². The highest BCUT2D eigenvalue weighted by Gasteiger charge is 2.14. The normalized spacial score (nSPS) is 10.9. The lowest BCUT2D eigenvalue weighted by atomic mass is 10.2. The Morgan fingerprint density at radius 2 is 2.09 bits per heavy atom. The zero-order chi connectivity index (χ0) is 16.2. The van der Waals surface area contributed by atoms with Crippen LogP contribution in [0.3, 0.4) is 0 Å². The van der Waals surface area contributed by atoms with Crippen molar-refractivity contribution in [2.45, 2.75) is 26.3 Å². The van der Waals surface area contributed by atoms with Crippen LogP contribution in [0.1, 0.15) is 41.5 Å². The van der Waals surface area contributed by atoms with Crippen molar-refractivity contribution in [1.82, 2.24) is 20.0 Å². The van der Waals surface area contributed by atoms with E-state index in [9.17, 15) is 4.79 Å². The molecule has 1 amide bonds. The molecule has 0 spiro atoms. The molecule has 0 aliphatic carbocycles. The third-order valence-electron chi connectivity index (χ3n) is 3.29. The Morgan fingerprint density at radius 1 is 1.30 bits per heavy atom. The van der Waals surface area contributed by atoms with Gasteiger partial charge < -0.3 is 0 Å². The maximum Gasteiger partial charge on any atom is 0.279 e. The van der Waals surface area contributed by atoms with Crippen molar-refractivity contribution in [3.8, 4) is 0 Å². The molecule has 2 aromatic heterocycles. The Balaban J connectivity index is 1.66. The van der Waals surface area contributed by atoms with Gasteiger partial charge in [-0.1, -0.05) is 49.4 Å². The molecule has 0 saturated carbocycles. The van der Waals surface area contributed by atoms with Gasteiger partial charge in [0.05, 0.1) is 18.4 Å². The Hall–Kier alpha value is -2.54. The lowest BCUT2D eigenvalue weighted by molar-refractivity contribution is 0.102. The molecule has 1 N–H and O–H groups in total. The second kappa shape index (κ2) is 6.70. The zero-order valence-corrected chi connectivity index (χ0v) is 13.7. The third kappa shape index (κ3) is 3.81. The summed E-state index contributed by atoms with van der Waals surface area (Å²) in [5.74, 6) is 0.0395. The van der Waals surface area contributed by atoms with Gasteiger partial charge in [-0.05, 0) is 11.5 Å². The first-order valence-electron chi connectivity index (χ1n) is 7.32. The number of carbonyl (C=O) groups excluding carboxylic acids is 1. The summed E-state index contributed by atoms with van der Waals surface area (Å²) in [4.78, 5) is 16.6. The summed E-state index contributed by atoms with van der Waals surface area (Å²) >= 11 is 1.41. The maximum absolute atomic E-state index is 12.2. The van der Waals surface area contributed by atoms with Crippen LogP contribution in [0.15, 0.2) is 41.9 Å². The Kier molecular flexibility index (Phi) is 4.47. The van der Waals surface area contributed by atoms with Crippen LogP contribution < -0.4 is 5.32 Å². The van der Waals surface area contributed by atoms with E-state index in [-0.39, 0.29) is 11.6 Å². The number of carbonyl (C=O) groups is 1. The molecule has 7 heteroatoms. The molecule has 2 heterocycles. The fourth-order valence-electron chi connectivity index (χ4n) is 2.02. The molecule has 118 valence electrons. The van der Waals surface area contributed by atoms with Gasteiger partial charge in [-0.25, -0.2) is 9.67 Å². The van der Waals surface area contributed by atoms with Crippen molar-refractivity contribution in [3.05, 3.63) is 58.9 Å². The smallest absolute Gasteiger partial charge is 0.279 e. The molecule has 1 aromatic carbocycles. The fraction of sp³-hybridized carbons (Fsp3) is 0.250. The van der Waals surface area contributed by atoms with Crippen molar-refractivity contribution in [2.75, 3.05) is 5.32 Å². The molecule has 0 radical (unpaired) electrons. The highest BCUT2D eigenvalue weighted by molar-refractivity contribution is 7.14. The number of aromatic nitrogens is 4. The van der Waals surface area contributed by atoms with Crippen LogP contribution in [0.25, 0.3) is 0 Å². The van der Waals surface area contributed by atoms with Crippen molar-refractivity contribution in [1.29, 1.82) is 0 Å². The largest absolute Gasteiger partial charge is 0.296 e. The summed E-state index contributed by atoms with van der Waals surface area (Å²) in [6.45, 7) is 4.71. The molecule has 0 saturated heterocycles. The van der Waals surface area contributed by atoms with E-state index in [1.807, 2.05) is 35.7 Å². The number of nitrogens with zero attached hydrogens (tertiary/aromatic N) is 4. The van der Waals surface area contributed by atoms with Crippen LogP contribution in [-0.4, -0.2) is 25.9 Å². The van der Waals surface area contributed by atoms with Crippen molar-refractivity contribution < 1.29 is 4.79 Å². The van der Waals surface area contributed by atoms with Crippen LogP contribution in [0.5, 0.6) is 0 Å². The molecule has 0 unspecified atom stereocenters. The first-order chi connectivity index (χ1) is 11.1. The highest BCUT2D eigenvalue weighted by Crippen LogP contribution is 2.21. The first-order valence-corrected chi connectivity index (χ1v) is 8.20. The summed E-state index contributed by atoms with van der Waals surface area (Å²) in [5.41, 5.74) is 2.35. The number of nitrogens with one attached hydrogen (secondary N) is 1. The Bertz CT molecular complexity index is 794. The molecular weight excluding hydrogens is 310 g/mol. The minimum Gasteiger partial charge on any atom is -0.296 e. The lowest BCUT2D eigenvalue weighted by Crippen LogP contribution is -2.12. The fourth-order valence-corrected chi connectivity index (χ4v) is 2.89. The van der Waals surface area contributed by atoms with Gasteiger partial charge in [-0.15, -0.1) is 16.4 Å². The van der Waals surface area contributed by atoms with Crippen LogP contribution in [-0.2, 0) is 6.54 Å². The Labute approximate surface area is 138 Å². The average molecular weight is 327 g/mol. The molecule has 0 atom stereocenters. The Morgan fingerprint density at radius 3 is 2.78 bits per heavy atom.